The second kappa shape index (κ2) is 7.48. The summed E-state index contributed by atoms with van der Waals surface area (Å²) >= 11 is 1.47. The van der Waals surface area contributed by atoms with Gasteiger partial charge in [0.15, 0.2) is 11.7 Å². The van der Waals surface area contributed by atoms with E-state index in [1.54, 1.807) is 4.90 Å². The summed E-state index contributed by atoms with van der Waals surface area (Å²) in [5, 5.41) is 5.79. The van der Waals surface area contributed by atoms with Crippen molar-refractivity contribution in [3.63, 3.8) is 0 Å². The second-order valence-electron chi connectivity index (χ2n) is 7.52. The molecule has 1 aliphatic heterocycles. The van der Waals surface area contributed by atoms with E-state index in [0.717, 1.165) is 34.2 Å². The van der Waals surface area contributed by atoms with Crippen molar-refractivity contribution in [2.45, 2.75) is 25.8 Å². The monoisotopic (exact) mass is 407 g/mol. The smallest absolute Gasteiger partial charge is 0.260 e. The van der Waals surface area contributed by atoms with Crippen molar-refractivity contribution >= 4 is 39.1 Å². The molecule has 1 aliphatic carbocycles. The zero-order chi connectivity index (χ0) is 19.8. The Labute approximate surface area is 172 Å². The molecule has 0 unspecified atom stereocenters. The SMILES string of the molecule is O=C(Nc1nc2c(s1)CN(C(=O)COc1ccc3ccccc3c1)CC2)C1CC1. The molecule has 2 aliphatic rings. The number of nitrogens with one attached hydrogen (secondary N) is 1. The highest BCUT2D eigenvalue weighted by Gasteiger charge is 2.31. The maximum Gasteiger partial charge on any atom is 0.260 e. The molecule has 0 saturated heterocycles. The average molecular weight is 407 g/mol. The molecule has 2 aromatic carbocycles. The van der Waals surface area contributed by atoms with Gasteiger partial charge >= 0.3 is 0 Å². The minimum Gasteiger partial charge on any atom is -0.484 e. The van der Waals surface area contributed by atoms with Gasteiger partial charge in [-0.15, -0.1) is 0 Å². The van der Waals surface area contributed by atoms with Gasteiger partial charge in [-0.25, -0.2) is 4.98 Å². The van der Waals surface area contributed by atoms with Gasteiger partial charge in [-0.2, -0.15) is 0 Å². The highest BCUT2D eigenvalue weighted by molar-refractivity contribution is 7.15. The van der Waals surface area contributed by atoms with Crippen molar-refractivity contribution in [2.24, 2.45) is 5.92 Å². The molecule has 1 fully saturated rings. The summed E-state index contributed by atoms with van der Waals surface area (Å²) in [5.74, 6) is 0.868. The number of ether oxygens (including phenoxy) is 1. The number of rotatable bonds is 5. The predicted molar refractivity (Wildman–Crippen MR) is 112 cm³/mol. The van der Waals surface area contributed by atoms with Gasteiger partial charge in [-0.1, -0.05) is 41.7 Å². The molecule has 0 spiro atoms. The number of fused-ring (bicyclic) bond motifs is 2. The largest absolute Gasteiger partial charge is 0.484 e. The summed E-state index contributed by atoms with van der Waals surface area (Å²) in [6.07, 6.45) is 2.64. The molecule has 1 saturated carbocycles. The Bertz CT molecular complexity index is 1090. The molecule has 5 rings (SSSR count). The first-order valence-corrected chi connectivity index (χ1v) is 10.7. The number of hydrogen-bond acceptors (Lipinski definition) is 5. The number of benzene rings is 2. The number of aromatic nitrogens is 1. The van der Waals surface area contributed by atoms with Crippen LogP contribution in [0.15, 0.2) is 42.5 Å². The van der Waals surface area contributed by atoms with Crippen LogP contribution in [0.4, 0.5) is 5.13 Å². The predicted octanol–water partition coefficient (Wildman–Crippen LogP) is 3.61. The molecule has 1 N–H and O–H groups in total. The topological polar surface area (TPSA) is 71.5 Å². The first kappa shape index (κ1) is 18.1. The molecule has 6 nitrogen and oxygen atoms in total. The highest BCUT2D eigenvalue weighted by atomic mass is 32.1. The first-order valence-electron chi connectivity index (χ1n) is 9.84. The van der Waals surface area contributed by atoms with Crippen molar-refractivity contribution in [1.82, 2.24) is 9.88 Å². The lowest BCUT2D eigenvalue weighted by atomic mass is 10.1. The van der Waals surface area contributed by atoms with Crippen molar-refractivity contribution in [2.75, 3.05) is 18.5 Å². The molecule has 1 aromatic heterocycles. The first-order chi connectivity index (χ1) is 14.2. The fourth-order valence-corrected chi connectivity index (χ4v) is 4.54. The molecule has 7 heteroatoms. The number of carbonyl (C=O) groups excluding carboxylic acids is 2. The van der Waals surface area contributed by atoms with Crippen LogP contribution < -0.4 is 10.1 Å². The van der Waals surface area contributed by atoms with Crippen LogP contribution in [0.25, 0.3) is 10.8 Å². The molecule has 0 radical (unpaired) electrons. The van der Waals surface area contributed by atoms with E-state index >= 15 is 0 Å². The van der Waals surface area contributed by atoms with E-state index in [-0.39, 0.29) is 24.3 Å². The van der Waals surface area contributed by atoms with Gasteiger partial charge in [0.1, 0.15) is 5.75 Å². The van der Waals surface area contributed by atoms with Gasteiger partial charge in [0.25, 0.3) is 5.91 Å². The van der Waals surface area contributed by atoms with Crippen LogP contribution >= 0.6 is 11.3 Å². The Morgan fingerprint density at radius 1 is 1.17 bits per heavy atom. The van der Waals surface area contributed by atoms with E-state index in [0.29, 0.717) is 30.4 Å². The molecule has 2 amide bonds. The van der Waals surface area contributed by atoms with Crippen LogP contribution in [-0.4, -0.2) is 34.8 Å². The standard InChI is InChI=1S/C22H21N3O3S/c26-20(13-28-17-8-7-14-3-1-2-4-16(14)11-17)25-10-9-18-19(12-25)29-22(23-18)24-21(27)15-5-6-15/h1-4,7-8,11,15H,5-6,9-10,12-13H2,(H,23,24,27). The minimum atomic E-state index is -0.0409. The summed E-state index contributed by atoms with van der Waals surface area (Å²) in [4.78, 5) is 32.0. The van der Waals surface area contributed by atoms with E-state index in [1.807, 2.05) is 42.5 Å². The highest BCUT2D eigenvalue weighted by Crippen LogP contribution is 2.33. The van der Waals surface area contributed by atoms with Gasteiger partial charge in [0, 0.05) is 23.8 Å². The van der Waals surface area contributed by atoms with Crippen molar-refractivity contribution < 1.29 is 14.3 Å². The zero-order valence-electron chi connectivity index (χ0n) is 15.9. The second-order valence-corrected chi connectivity index (χ2v) is 8.60. The molecule has 29 heavy (non-hydrogen) atoms. The van der Waals surface area contributed by atoms with Crippen LogP contribution in [0.2, 0.25) is 0 Å². The fourth-order valence-electron chi connectivity index (χ4n) is 3.51. The van der Waals surface area contributed by atoms with Crippen LogP contribution in [0.5, 0.6) is 5.75 Å². The fraction of sp³-hybridized carbons (Fsp3) is 0.318. The number of hydrogen-bond donors (Lipinski definition) is 1. The summed E-state index contributed by atoms with van der Waals surface area (Å²) in [6.45, 7) is 1.15. The number of carbonyl (C=O) groups is 2. The van der Waals surface area contributed by atoms with Gasteiger partial charge in [0.05, 0.1) is 12.2 Å². The maximum atomic E-state index is 12.6. The lowest BCUT2D eigenvalue weighted by molar-refractivity contribution is -0.134. The minimum absolute atomic E-state index is 0.0117. The third kappa shape index (κ3) is 3.96. The maximum absolute atomic E-state index is 12.6. The Morgan fingerprint density at radius 2 is 2.00 bits per heavy atom. The van der Waals surface area contributed by atoms with Crippen molar-refractivity contribution in [1.29, 1.82) is 0 Å². The number of amides is 2. The van der Waals surface area contributed by atoms with Crippen LogP contribution in [-0.2, 0) is 22.6 Å². The average Bonchev–Trinajstić information content (AvgIpc) is 3.52. The third-order valence-electron chi connectivity index (χ3n) is 5.35. The molecule has 0 bridgehead atoms. The summed E-state index contributed by atoms with van der Waals surface area (Å²) in [5.41, 5.74) is 0.987. The number of nitrogens with zero attached hydrogens (tertiary/aromatic N) is 2. The van der Waals surface area contributed by atoms with Crippen molar-refractivity contribution in [3.05, 3.63) is 53.0 Å². The quantitative estimate of drug-likeness (QED) is 0.701. The molecule has 148 valence electrons. The van der Waals surface area contributed by atoms with Gasteiger partial charge in [-0.3, -0.25) is 9.59 Å². The summed E-state index contributed by atoms with van der Waals surface area (Å²) < 4.78 is 5.75. The third-order valence-corrected chi connectivity index (χ3v) is 6.34. The molecular formula is C22H21N3O3S. The van der Waals surface area contributed by atoms with E-state index in [2.05, 4.69) is 10.3 Å². The van der Waals surface area contributed by atoms with Gasteiger partial charge in [-0.05, 0) is 35.7 Å². The van der Waals surface area contributed by atoms with Crippen LogP contribution in [0.1, 0.15) is 23.4 Å². The molecule has 2 heterocycles. The number of thiazole rings is 1. The Kier molecular flexibility index (Phi) is 4.67. The molecular weight excluding hydrogens is 386 g/mol. The summed E-state index contributed by atoms with van der Waals surface area (Å²) in [6, 6.07) is 13.9. The summed E-state index contributed by atoms with van der Waals surface area (Å²) in [7, 11) is 0. The Hall–Kier alpha value is -2.93. The van der Waals surface area contributed by atoms with Crippen molar-refractivity contribution in [3.8, 4) is 5.75 Å². The van der Waals surface area contributed by atoms with E-state index in [9.17, 15) is 9.59 Å². The lowest BCUT2D eigenvalue weighted by Crippen LogP contribution is -2.38. The Balaban J connectivity index is 1.19. The zero-order valence-corrected chi connectivity index (χ0v) is 16.7. The van der Waals surface area contributed by atoms with Gasteiger partial charge < -0.3 is 15.0 Å². The van der Waals surface area contributed by atoms with Gasteiger partial charge in [0.2, 0.25) is 5.91 Å². The van der Waals surface area contributed by atoms with E-state index in [1.165, 1.54) is 11.3 Å². The van der Waals surface area contributed by atoms with Crippen LogP contribution in [0, 0.1) is 5.92 Å². The lowest BCUT2D eigenvalue weighted by Gasteiger charge is -2.26. The Morgan fingerprint density at radius 3 is 2.83 bits per heavy atom. The molecule has 3 aromatic rings. The van der Waals surface area contributed by atoms with Crippen LogP contribution in [0.3, 0.4) is 0 Å². The number of anilines is 1. The normalized spacial score (nSPS) is 15.8. The molecule has 0 atom stereocenters. The van der Waals surface area contributed by atoms with E-state index < -0.39 is 0 Å². The van der Waals surface area contributed by atoms with E-state index in [4.69, 9.17) is 4.74 Å².